The van der Waals surface area contributed by atoms with E-state index in [0.29, 0.717) is 33.7 Å². The van der Waals surface area contributed by atoms with Crippen LogP contribution in [0.3, 0.4) is 0 Å². The zero-order valence-electron chi connectivity index (χ0n) is 11.4. The maximum Gasteiger partial charge on any atom is 0.180 e. The Morgan fingerprint density at radius 2 is 1.86 bits per heavy atom. The third-order valence-electron chi connectivity index (χ3n) is 2.77. The van der Waals surface area contributed by atoms with Crippen molar-refractivity contribution in [3.8, 4) is 17.6 Å². The van der Waals surface area contributed by atoms with Gasteiger partial charge >= 0.3 is 0 Å². The van der Waals surface area contributed by atoms with Crippen LogP contribution in [0, 0.1) is 11.3 Å². The largest absolute Gasteiger partial charge is 0.490 e. The zero-order chi connectivity index (χ0) is 15.2. The van der Waals surface area contributed by atoms with E-state index in [2.05, 4.69) is 0 Å². The van der Waals surface area contributed by atoms with E-state index in [0.717, 1.165) is 5.56 Å². The summed E-state index contributed by atoms with van der Waals surface area (Å²) in [6.45, 7) is 2.57. The summed E-state index contributed by atoms with van der Waals surface area (Å²) in [6.07, 6.45) is 0. The zero-order valence-corrected chi connectivity index (χ0v) is 12.9. The maximum absolute atomic E-state index is 8.97. The first-order valence-corrected chi connectivity index (χ1v) is 7.14. The number of halogens is 2. The van der Waals surface area contributed by atoms with Gasteiger partial charge in [-0.2, -0.15) is 5.26 Å². The fraction of sp³-hybridized carbons (Fsp3) is 0.188. The highest BCUT2D eigenvalue weighted by atomic mass is 35.5. The fourth-order valence-corrected chi connectivity index (χ4v) is 2.26. The molecule has 0 N–H and O–H groups in total. The van der Waals surface area contributed by atoms with E-state index >= 15 is 0 Å². The second kappa shape index (κ2) is 7.21. The minimum absolute atomic E-state index is 0.269. The minimum Gasteiger partial charge on any atom is -0.490 e. The van der Waals surface area contributed by atoms with Gasteiger partial charge in [0.25, 0.3) is 0 Å². The van der Waals surface area contributed by atoms with E-state index in [1.54, 1.807) is 18.2 Å². The number of nitriles is 1. The number of rotatable bonds is 5. The molecule has 0 unspecified atom stereocenters. The Hall–Kier alpha value is -1.89. The number of benzene rings is 2. The van der Waals surface area contributed by atoms with Gasteiger partial charge in [0, 0.05) is 16.7 Å². The molecule has 21 heavy (non-hydrogen) atoms. The second-order valence-corrected chi connectivity index (χ2v) is 5.02. The first-order chi connectivity index (χ1) is 10.2. The van der Waals surface area contributed by atoms with Crippen LogP contribution in [0.5, 0.6) is 11.5 Å². The summed E-state index contributed by atoms with van der Waals surface area (Å²) in [5.41, 5.74) is 1.27. The molecule has 0 aliphatic heterocycles. The lowest BCUT2D eigenvalue weighted by molar-refractivity contribution is 0.269. The first-order valence-electron chi connectivity index (χ1n) is 6.38. The molecular formula is C16H13Cl2NO2. The molecule has 3 nitrogen and oxygen atoms in total. The van der Waals surface area contributed by atoms with Crippen LogP contribution in [0.25, 0.3) is 0 Å². The SMILES string of the molecule is CCOc1cc(C#N)cc(Cl)c1OCc1ccccc1Cl. The molecule has 2 rings (SSSR count). The molecule has 0 atom stereocenters. The number of nitrogens with zero attached hydrogens (tertiary/aromatic N) is 1. The molecule has 0 bridgehead atoms. The molecule has 0 amide bonds. The van der Waals surface area contributed by atoms with Crippen molar-refractivity contribution >= 4 is 23.2 Å². The Bertz CT molecular complexity index is 680. The van der Waals surface area contributed by atoms with Crippen molar-refractivity contribution in [2.45, 2.75) is 13.5 Å². The Morgan fingerprint density at radius 1 is 1.10 bits per heavy atom. The summed E-state index contributed by atoms with van der Waals surface area (Å²) in [4.78, 5) is 0. The smallest absolute Gasteiger partial charge is 0.180 e. The minimum atomic E-state index is 0.269. The van der Waals surface area contributed by atoms with Crippen LogP contribution in [0.4, 0.5) is 0 Å². The Kier molecular flexibility index (Phi) is 5.32. The topological polar surface area (TPSA) is 42.2 Å². The highest BCUT2D eigenvalue weighted by Crippen LogP contribution is 2.37. The van der Waals surface area contributed by atoms with Gasteiger partial charge in [-0.05, 0) is 19.1 Å². The van der Waals surface area contributed by atoms with E-state index in [-0.39, 0.29) is 6.61 Å². The normalized spacial score (nSPS) is 10.0. The van der Waals surface area contributed by atoms with Gasteiger partial charge in [-0.25, -0.2) is 0 Å². The molecule has 0 fully saturated rings. The summed E-state index contributed by atoms with van der Waals surface area (Å²) in [5.74, 6) is 0.867. The van der Waals surface area contributed by atoms with Crippen LogP contribution < -0.4 is 9.47 Å². The van der Waals surface area contributed by atoms with Crippen molar-refractivity contribution in [3.63, 3.8) is 0 Å². The molecule has 2 aromatic carbocycles. The van der Waals surface area contributed by atoms with Crippen LogP contribution in [0.15, 0.2) is 36.4 Å². The van der Waals surface area contributed by atoms with Crippen molar-refractivity contribution in [1.82, 2.24) is 0 Å². The molecule has 0 saturated carbocycles. The molecule has 0 aliphatic carbocycles. The van der Waals surface area contributed by atoms with Crippen molar-refractivity contribution in [3.05, 3.63) is 57.6 Å². The fourth-order valence-electron chi connectivity index (χ4n) is 1.80. The van der Waals surface area contributed by atoms with Crippen molar-refractivity contribution in [1.29, 1.82) is 5.26 Å². The second-order valence-electron chi connectivity index (χ2n) is 4.21. The first kappa shape index (κ1) is 15.5. The third kappa shape index (κ3) is 3.81. The van der Waals surface area contributed by atoms with Crippen molar-refractivity contribution in [2.24, 2.45) is 0 Å². The lowest BCUT2D eigenvalue weighted by Gasteiger charge is -2.14. The molecule has 2 aromatic rings. The maximum atomic E-state index is 8.97. The molecule has 0 saturated heterocycles. The van der Waals surface area contributed by atoms with E-state index in [1.807, 2.05) is 31.2 Å². The molecule has 108 valence electrons. The standard InChI is InChI=1S/C16H13Cl2NO2/c1-2-20-15-8-11(9-19)7-14(18)16(15)21-10-12-5-3-4-6-13(12)17/h3-8H,2,10H2,1H3. The van der Waals surface area contributed by atoms with Crippen LogP contribution in [-0.4, -0.2) is 6.61 Å². The number of ether oxygens (including phenoxy) is 2. The summed E-state index contributed by atoms with van der Waals surface area (Å²) in [6, 6.07) is 12.6. The highest BCUT2D eigenvalue weighted by molar-refractivity contribution is 6.32. The summed E-state index contributed by atoms with van der Waals surface area (Å²) >= 11 is 12.3. The van der Waals surface area contributed by atoms with Gasteiger partial charge in [0.2, 0.25) is 0 Å². The lowest BCUT2D eigenvalue weighted by Crippen LogP contribution is -2.01. The van der Waals surface area contributed by atoms with Crippen LogP contribution >= 0.6 is 23.2 Å². The van der Waals surface area contributed by atoms with E-state index < -0.39 is 0 Å². The lowest BCUT2D eigenvalue weighted by atomic mass is 10.2. The average molecular weight is 322 g/mol. The van der Waals surface area contributed by atoms with E-state index in [1.165, 1.54) is 0 Å². The van der Waals surface area contributed by atoms with Crippen LogP contribution in [-0.2, 0) is 6.61 Å². The predicted octanol–water partition coefficient (Wildman–Crippen LogP) is 4.84. The Balaban J connectivity index is 2.27. The van der Waals surface area contributed by atoms with E-state index in [4.69, 9.17) is 37.9 Å². The quantitative estimate of drug-likeness (QED) is 0.791. The predicted molar refractivity (Wildman–Crippen MR) is 83.1 cm³/mol. The van der Waals surface area contributed by atoms with Crippen LogP contribution in [0.2, 0.25) is 10.0 Å². The number of hydrogen-bond donors (Lipinski definition) is 0. The summed E-state index contributed by atoms with van der Waals surface area (Å²) < 4.78 is 11.2. The molecular weight excluding hydrogens is 309 g/mol. The highest BCUT2D eigenvalue weighted by Gasteiger charge is 2.13. The van der Waals surface area contributed by atoms with Gasteiger partial charge in [-0.3, -0.25) is 0 Å². The molecule has 0 aliphatic rings. The average Bonchev–Trinajstić information content (AvgIpc) is 2.48. The summed E-state index contributed by atoms with van der Waals surface area (Å²) in [7, 11) is 0. The van der Waals surface area contributed by atoms with Crippen molar-refractivity contribution in [2.75, 3.05) is 6.61 Å². The summed E-state index contributed by atoms with van der Waals surface area (Å²) in [5, 5.41) is 9.93. The van der Waals surface area contributed by atoms with E-state index in [9.17, 15) is 0 Å². The van der Waals surface area contributed by atoms with Gasteiger partial charge in [-0.15, -0.1) is 0 Å². The van der Waals surface area contributed by atoms with Gasteiger partial charge < -0.3 is 9.47 Å². The van der Waals surface area contributed by atoms with Crippen molar-refractivity contribution < 1.29 is 9.47 Å². The molecule has 5 heteroatoms. The van der Waals surface area contributed by atoms with Gasteiger partial charge in [0.15, 0.2) is 11.5 Å². The van der Waals surface area contributed by atoms with Gasteiger partial charge in [0.1, 0.15) is 6.61 Å². The van der Waals surface area contributed by atoms with Gasteiger partial charge in [0.05, 0.1) is 23.3 Å². The Morgan fingerprint density at radius 3 is 2.52 bits per heavy atom. The third-order valence-corrected chi connectivity index (χ3v) is 3.42. The molecule has 0 spiro atoms. The molecule has 0 radical (unpaired) electrons. The monoisotopic (exact) mass is 321 g/mol. The Labute approximate surface area is 133 Å². The molecule has 0 aromatic heterocycles. The van der Waals surface area contributed by atoms with Crippen LogP contribution in [0.1, 0.15) is 18.1 Å². The molecule has 0 heterocycles. The number of hydrogen-bond acceptors (Lipinski definition) is 3. The van der Waals surface area contributed by atoms with Gasteiger partial charge in [-0.1, -0.05) is 41.4 Å².